The lowest BCUT2D eigenvalue weighted by molar-refractivity contribution is 0.102. The quantitative estimate of drug-likeness (QED) is 0.705. The topological polar surface area (TPSA) is 77.0 Å². The van der Waals surface area contributed by atoms with Gasteiger partial charge in [-0.15, -0.1) is 11.3 Å². The van der Waals surface area contributed by atoms with Crippen molar-refractivity contribution in [2.75, 3.05) is 5.32 Å². The van der Waals surface area contributed by atoms with Gasteiger partial charge >= 0.3 is 6.01 Å². The highest BCUT2D eigenvalue weighted by atomic mass is 32.1. The number of nitrogens with zero attached hydrogens (tertiary/aromatic N) is 3. The van der Waals surface area contributed by atoms with Crippen molar-refractivity contribution in [3.8, 4) is 11.8 Å². The number of nitrogens with one attached hydrogen (secondary N) is 1. The van der Waals surface area contributed by atoms with Gasteiger partial charge in [0, 0.05) is 24.0 Å². The zero-order valence-electron chi connectivity index (χ0n) is 15.1. The largest absolute Gasteiger partial charge is 0.424 e. The minimum Gasteiger partial charge on any atom is -0.424 e. The van der Waals surface area contributed by atoms with Crippen LogP contribution < -0.4 is 10.1 Å². The molecule has 0 bridgehead atoms. The Hall–Kier alpha value is -2.80. The van der Waals surface area contributed by atoms with Crippen molar-refractivity contribution in [3.63, 3.8) is 0 Å². The maximum Gasteiger partial charge on any atom is 0.321 e. The van der Waals surface area contributed by atoms with E-state index in [1.807, 2.05) is 26.0 Å². The van der Waals surface area contributed by atoms with E-state index in [-0.39, 0.29) is 11.9 Å². The Bertz CT molecular complexity index is 923. The van der Waals surface area contributed by atoms with Crippen LogP contribution in [0.2, 0.25) is 0 Å². The summed E-state index contributed by atoms with van der Waals surface area (Å²) in [6.07, 6.45) is 3.24. The van der Waals surface area contributed by atoms with Gasteiger partial charge in [-0.1, -0.05) is 13.8 Å². The molecule has 1 N–H and O–H groups in total. The van der Waals surface area contributed by atoms with Crippen molar-refractivity contribution in [2.24, 2.45) is 0 Å². The van der Waals surface area contributed by atoms with Gasteiger partial charge in [0.15, 0.2) is 0 Å². The third-order valence-electron chi connectivity index (χ3n) is 3.71. The Morgan fingerprint density at radius 3 is 2.54 bits per heavy atom. The molecule has 3 rings (SSSR count). The van der Waals surface area contributed by atoms with Gasteiger partial charge in [-0.05, 0) is 43.7 Å². The van der Waals surface area contributed by atoms with Crippen LogP contribution in [0.5, 0.6) is 11.8 Å². The lowest BCUT2D eigenvalue weighted by Gasteiger charge is -2.10. The molecule has 0 fully saturated rings. The molecule has 1 aromatic carbocycles. The number of amides is 1. The fourth-order valence-corrected chi connectivity index (χ4v) is 3.30. The lowest BCUT2D eigenvalue weighted by Crippen LogP contribution is -2.12. The number of rotatable bonds is 5. The fourth-order valence-electron chi connectivity index (χ4n) is 2.34. The van der Waals surface area contributed by atoms with Crippen LogP contribution in [0.25, 0.3) is 0 Å². The normalized spacial score (nSPS) is 10.8. The average Bonchev–Trinajstić information content (AvgIpc) is 3.00. The number of aromatic nitrogens is 3. The van der Waals surface area contributed by atoms with Gasteiger partial charge in [-0.3, -0.25) is 4.79 Å². The summed E-state index contributed by atoms with van der Waals surface area (Å²) in [4.78, 5) is 25.8. The van der Waals surface area contributed by atoms with Gasteiger partial charge in [0.1, 0.15) is 10.6 Å². The minimum absolute atomic E-state index is 0.143. The molecule has 0 aliphatic carbocycles. The lowest BCUT2D eigenvalue weighted by atomic mass is 10.2. The molecule has 0 spiro atoms. The Balaban J connectivity index is 1.75. The number of carbonyl (C=O) groups is 1. The van der Waals surface area contributed by atoms with E-state index in [0.29, 0.717) is 16.5 Å². The predicted molar refractivity (Wildman–Crippen MR) is 102 cm³/mol. The number of hydrogen-bond donors (Lipinski definition) is 1. The molecule has 0 unspecified atom stereocenters. The Morgan fingerprint density at radius 1 is 1.19 bits per heavy atom. The zero-order valence-corrected chi connectivity index (χ0v) is 15.9. The van der Waals surface area contributed by atoms with Gasteiger partial charge in [-0.25, -0.2) is 15.0 Å². The van der Waals surface area contributed by atoms with E-state index >= 15 is 0 Å². The van der Waals surface area contributed by atoms with Crippen molar-refractivity contribution < 1.29 is 9.53 Å². The van der Waals surface area contributed by atoms with Gasteiger partial charge in [0.2, 0.25) is 0 Å². The number of ether oxygens (including phenoxy) is 1. The third kappa shape index (κ3) is 4.05. The predicted octanol–water partition coefficient (Wildman–Crippen LogP) is 4.72. The molecule has 0 aliphatic rings. The van der Waals surface area contributed by atoms with Crippen molar-refractivity contribution in [3.05, 3.63) is 57.8 Å². The van der Waals surface area contributed by atoms with Crippen LogP contribution in [0.15, 0.2) is 36.7 Å². The highest BCUT2D eigenvalue weighted by molar-refractivity contribution is 7.14. The fraction of sp³-hybridized carbons (Fsp3) is 0.263. The number of thiazole rings is 1. The second-order valence-corrected chi connectivity index (χ2v) is 7.22. The van der Waals surface area contributed by atoms with Gasteiger partial charge < -0.3 is 10.1 Å². The Kier molecular flexibility index (Phi) is 5.27. The second-order valence-electron chi connectivity index (χ2n) is 6.19. The maximum atomic E-state index is 12.6. The molecule has 0 aliphatic heterocycles. The summed E-state index contributed by atoms with van der Waals surface area (Å²) in [6.45, 7) is 7.91. The molecule has 0 radical (unpaired) electrons. The highest BCUT2D eigenvalue weighted by Crippen LogP contribution is 2.27. The molecule has 3 aromatic rings. The van der Waals surface area contributed by atoms with Crippen LogP contribution in [0.1, 0.15) is 45.7 Å². The van der Waals surface area contributed by atoms with Crippen LogP contribution >= 0.6 is 11.3 Å². The van der Waals surface area contributed by atoms with Crippen LogP contribution in [-0.2, 0) is 0 Å². The molecule has 1 amide bonds. The smallest absolute Gasteiger partial charge is 0.321 e. The molecule has 6 nitrogen and oxygen atoms in total. The summed E-state index contributed by atoms with van der Waals surface area (Å²) in [6, 6.07) is 7.43. The summed E-state index contributed by atoms with van der Waals surface area (Å²) >= 11 is 1.44. The number of carbonyl (C=O) groups excluding carboxylic acids is 1. The number of benzene rings is 1. The molecule has 0 atom stereocenters. The van der Waals surface area contributed by atoms with E-state index < -0.39 is 0 Å². The highest BCUT2D eigenvalue weighted by Gasteiger charge is 2.17. The molecule has 2 heterocycles. The van der Waals surface area contributed by atoms with Crippen LogP contribution in [-0.4, -0.2) is 20.9 Å². The standard InChI is InChI=1S/C19H20N4O2S/c1-11(2)18-22-13(4)16(26-18)17(24)23-15-7-6-14(10-12(15)3)25-19-20-8-5-9-21-19/h5-11H,1-4H3,(H,23,24). The van der Waals surface area contributed by atoms with E-state index in [1.165, 1.54) is 11.3 Å². The van der Waals surface area contributed by atoms with Gasteiger partial charge in [0.25, 0.3) is 5.91 Å². The maximum absolute atomic E-state index is 12.6. The van der Waals surface area contributed by atoms with E-state index in [0.717, 1.165) is 22.0 Å². The van der Waals surface area contributed by atoms with Crippen LogP contribution in [0.3, 0.4) is 0 Å². The molecule has 26 heavy (non-hydrogen) atoms. The summed E-state index contributed by atoms with van der Waals surface area (Å²) in [5.74, 6) is 0.774. The van der Waals surface area contributed by atoms with Gasteiger partial charge in [-0.2, -0.15) is 0 Å². The van der Waals surface area contributed by atoms with Gasteiger partial charge in [0.05, 0.1) is 10.7 Å². The van der Waals surface area contributed by atoms with Crippen molar-refractivity contribution in [1.29, 1.82) is 0 Å². The molecule has 2 aromatic heterocycles. The summed E-state index contributed by atoms with van der Waals surface area (Å²) < 4.78 is 5.61. The summed E-state index contributed by atoms with van der Waals surface area (Å²) in [7, 11) is 0. The average molecular weight is 368 g/mol. The van der Waals surface area contributed by atoms with Crippen LogP contribution in [0.4, 0.5) is 5.69 Å². The first-order chi connectivity index (χ1) is 12.4. The molecule has 7 heteroatoms. The number of anilines is 1. The van der Waals surface area contributed by atoms with E-state index in [9.17, 15) is 4.79 Å². The molecule has 0 saturated heterocycles. The Morgan fingerprint density at radius 2 is 1.92 bits per heavy atom. The summed E-state index contributed by atoms with van der Waals surface area (Å²) in [5, 5.41) is 3.92. The van der Waals surface area contributed by atoms with E-state index in [1.54, 1.807) is 24.5 Å². The van der Waals surface area contributed by atoms with Crippen molar-refractivity contribution >= 4 is 22.9 Å². The number of hydrogen-bond acceptors (Lipinski definition) is 6. The zero-order chi connectivity index (χ0) is 18.7. The molecular formula is C19H20N4O2S. The third-order valence-corrected chi connectivity index (χ3v) is 5.17. The SMILES string of the molecule is Cc1cc(Oc2ncccn2)ccc1NC(=O)c1sc(C(C)C)nc1C. The van der Waals surface area contributed by atoms with E-state index in [2.05, 4.69) is 34.1 Å². The van der Waals surface area contributed by atoms with E-state index in [4.69, 9.17) is 4.74 Å². The first-order valence-corrected chi connectivity index (χ1v) is 9.10. The monoisotopic (exact) mass is 368 g/mol. The van der Waals surface area contributed by atoms with Crippen LogP contribution in [0, 0.1) is 13.8 Å². The summed E-state index contributed by atoms with van der Waals surface area (Å²) in [5.41, 5.74) is 2.38. The first-order valence-electron chi connectivity index (χ1n) is 8.28. The first kappa shape index (κ1) is 18.0. The number of aryl methyl sites for hydroxylation is 2. The minimum atomic E-state index is -0.143. The second kappa shape index (κ2) is 7.61. The van der Waals surface area contributed by atoms with Crippen molar-refractivity contribution in [2.45, 2.75) is 33.6 Å². The van der Waals surface area contributed by atoms with Crippen molar-refractivity contribution in [1.82, 2.24) is 15.0 Å². The molecule has 134 valence electrons. The molecule has 0 saturated carbocycles. The Labute approximate surface area is 156 Å². The molecular weight excluding hydrogens is 348 g/mol.